The largest absolute Gasteiger partial charge is 0.322 e. The maximum absolute atomic E-state index is 13.7. The van der Waals surface area contributed by atoms with Gasteiger partial charge < -0.3 is 5.32 Å². The Morgan fingerprint density at radius 3 is 2.85 bits per heavy atom. The smallest absolute Gasteiger partial charge is 0.238 e. The van der Waals surface area contributed by atoms with E-state index in [-0.39, 0.29) is 18.1 Å². The summed E-state index contributed by atoms with van der Waals surface area (Å²) in [5.74, 6) is 0.537. The first-order valence-electron chi connectivity index (χ1n) is 8.87. The highest BCUT2D eigenvalue weighted by Gasteiger charge is 2.25. The van der Waals surface area contributed by atoms with Gasteiger partial charge >= 0.3 is 0 Å². The van der Waals surface area contributed by atoms with Crippen LogP contribution in [0.4, 0.5) is 10.1 Å². The number of anilines is 1. The number of carbonyl (C=O) groups excluding carboxylic acids is 1. The molecule has 27 heavy (non-hydrogen) atoms. The molecule has 8 heteroatoms. The van der Waals surface area contributed by atoms with E-state index in [1.165, 1.54) is 18.2 Å². The number of aromatic nitrogens is 3. The molecular formula is C19H19ClFN5O. The van der Waals surface area contributed by atoms with Gasteiger partial charge in [-0.3, -0.25) is 14.1 Å². The number of benzene rings is 1. The molecule has 3 heterocycles. The minimum atomic E-state index is -0.495. The third kappa shape index (κ3) is 3.94. The number of hydrogen-bond donors (Lipinski definition) is 1. The van der Waals surface area contributed by atoms with Gasteiger partial charge in [-0.1, -0.05) is 17.7 Å². The number of hydrogen-bond acceptors (Lipinski definition) is 4. The number of halogens is 2. The number of fused-ring (bicyclic) bond motifs is 1. The van der Waals surface area contributed by atoms with Crippen molar-refractivity contribution >= 4 is 28.8 Å². The molecule has 0 saturated carbocycles. The minimum absolute atomic E-state index is 0.109. The second-order valence-electron chi connectivity index (χ2n) is 6.71. The van der Waals surface area contributed by atoms with E-state index in [9.17, 15) is 9.18 Å². The average Bonchev–Trinajstić information content (AvgIpc) is 3.09. The Labute approximate surface area is 161 Å². The van der Waals surface area contributed by atoms with Gasteiger partial charge in [0.25, 0.3) is 0 Å². The van der Waals surface area contributed by atoms with Crippen molar-refractivity contribution in [2.75, 3.05) is 25.0 Å². The number of rotatable bonds is 4. The molecule has 0 atom stereocenters. The highest BCUT2D eigenvalue weighted by Crippen LogP contribution is 2.27. The van der Waals surface area contributed by atoms with Gasteiger partial charge in [-0.2, -0.15) is 0 Å². The fourth-order valence-electron chi connectivity index (χ4n) is 3.47. The second kappa shape index (κ2) is 7.62. The van der Waals surface area contributed by atoms with Crippen LogP contribution in [0.25, 0.3) is 5.65 Å². The lowest BCUT2D eigenvalue weighted by Gasteiger charge is -2.30. The van der Waals surface area contributed by atoms with Crippen molar-refractivity contribution in [3.63, 3.8) is 0 Å². The molecule has 0 aliphatic carbocycles. The molecule has 1 aliphatic heterocycles. The van der Waals surface area contributed by atoms with Gasteiger partial charge in [0.2, 0.25) is 5.91 Å². The van der Waals surface area contributed by atoms with E-state index in [2.05, 4.69) is 20.4 Å². The molecule has 3 aromatic rings. The first-order valence-corrected chi connectivity index (χ1v) is 9.25. The summed E-state index contributed by atoms with van der Waals surface area (Å²) in [6.45, 7) is 1.77. The third-order valence-electron chi connectivity index (χ3n) is 4.86. The van der Waals surface area contributed by atoms with E-state index >= 15 is 0 Å². The average molecular weight is 388 g/mol. The topological polar surface area (TPSA) is 62.5 Å². The van der Waals surface area contributed by atoms with Crippen molar-refractivity contribution < 1.29 is 9.18 Å². The Morgan fingerprint density at radius 2 is 2.04 bits per heavy atom. The zero-order chi connectivity index (χ0) is 18.8. The van der Waals surface area contributed by atoms with Gasteiger partial charge in [-0.25, -0.2) is 4.39 Å². The summed E-state index contributed by atoms with van der Waals surface area (Å²) in [5.41, 5.74) is 0.954. The van der Waals surface area contributed by atoms with E-state index < -0.39 is 5.82 Å². The van der Waals surface area contributed by atoms with E-state index in [0.29, 0.717) is 10.9 Å². The molecule has 0 unspecified atom stereocenters. The minimum Gasteiger partial charge on any atom is -0.322 e. The fraction of sp³-hybridized carbons (Fsp3) is 0.316. The quantitative estimate of drug-likeness (QED) is 0.745. The number of nitrogens with one attached hydrogen (secondary N) is 1. The molecule has 1 fully saturated rings. The van der Waals surface area contributed by atoms with Crippen LogP contribution in [-0.4, -0.2) is 45.0 Å². The first kappa shape index (κ1) is 17.9. The molecule has 0 radical (unpaired) electrons. The third-order valence-corrected chi connectivity index (χ3v) is 5.10. The van der Waals surface area contributed by atoms with Crippen LogP contribution in [0.3, 0.4) is 0 Å². The molecule has 1 amide bonds. The van der Waals surface area contributed by atoms with Crippen LogP contribution in [0.5, 0.6) is 0 Å². The molecule has 2 aromatic heterocycles. The zero-order valence-electron chi connectivity index (χ0n) is 14.6. The molecule has 0 spiro atoms. The lowest BCUT2D eigenvalue weighted by molar-refractivity contribution is -0.117. The van der Waals surface area contributed by atoms with E-state index in [1.54, 1.807) is 0 Å². The maximum Gasteiger partial charge on any atom is 0.238 e. The number of likely N-dealkylation sites (tertiary alicyclic amines) is 1. The molecule has 0 bridgehead atoms. The SMILES string of the molecule is O=C(CN1CCC(c2nnc3ccccn23)CC1)Nc1cc(Cl)ccc1F. The van der Waals surface area contributed by atoms with Crippen LogP contribution in [0.2, 0.25) is 5.02 Å². The Balaban J connectivity index is 1.34. The second-order valence-corrected chi connectivity index (χ2v) is 7.15. The number of pyridine rings is 1. The van der Waals surface area contributed by atoms with Crippen molar-refractivity contribution in [3.05, 3.63) is 59.3 Å². The van der Waals surface area contributed by atoms with Crippen LogP contribution in [0, 0.1) is 5.82 Å². The molecule has 1 saturated heterocycles. The lowest BCUT2D eigenvalue weighted by atomic mass is 9.96. The number of piperidine rings is 1. The van der Waals surface area contributed by atoms with Crippen molar-refractivity contribution in [2.24, 2.45) is 0 Å². The molecular weight excluding hydrogens is 369 g/mol. The molecule has 1 aromatic carbocycles. The Hall–Kier alpha value is -2.51. The lowest BCUT2D eigenvalue weighted by Crippen LogP contribution is -2.39. The van der Waals surface area contributed by atoms with Gasteiger partial charge in [-0.15, -0.1) is 10.2 Å². The van der Waals surface area contributed by atoms with E-state index in [1.807, 2.05) is 28.8 Å². The molecule has 1 aliphatic rings. The Bertz CT molecular complexity index is 968. The van der Waals surface area contributed by atoms with Crippen LogP contribution < -0.4 is 5.32 Å². The number of amides is 1. The monoisotopic (exact) mass is 387 g/mol. The summed E-state index contributed by atoms with van der Waals surface area (Å²) in [4.78, 5) is 14.3. The van der Waals surface area contributed by atoms with E-state index in [0.717, 1.165) is 37.4 Å². The predicted molar refractivity (Wildman–Crippen MR) is 101 cm³/mol. The number of carbonyl (C=O) groups is 1. The first-order chi connectivity index (χ1) is 13.1. The fourth-order valence-corrected chi connectivity index (χ4v) is 3.65. The van der Waals surface area contributed by atoms with Gasteiger partial charge in [0.05, 0.1) is 12.2 Å². The highest BCUT2D eigenvalue weighted by molar-refractivity contribution is 6.30. The van der Waals surface area contributed by atoms with Crippen LogP contribution >= 0.6 is 11.6 Å². The van der Waals surface area contributed by atoms with Crippen LogP contribution in [-0.2, 0) is 4.79 Å². The summed E-state index contributed by atoms with van der Waals surface area (Å²) in [5, 5.41) is 11.5. The zero-order valence-corrected chi connectivity index (χ0v) is 15.4. The van der Waals surface area contributed by atoms with Crippen molar-refractivity contribution in [1.29, 1.82) is 0 Å². The van der Waals surface area contributed by atoms with Gasteiger partial charge in [0, 0.05) is 17.1 Å². The molecule has 6 nitrogen and oxygen atoms in total. The standard InChI is InChI=1S/C19H19ClFN5O/c20-14-4-5-15(21)16(11-14)22-18(27)12-25-9-6-13(7-10-25)19-24-23-17-3-1-2-8-26(17)19/h1-5,8,11,13H,6-7,9-10,12H2,(H,22,27). The highest BCUT2D eigenvalue weighted by atomic mass is 35.5. The molecule has 140 valence electrons. The normalized spacial score (nSPS) is 15.9. The summed E-state index contributed by atoms with van der Waals surface area (Å²) in [6.07, 6.45) is 3.77. The Kier molecular flexibility index (Phi) is 5.05. The van der Waals surface area contributed by atoms with E-state index in [4.69, 9.17) is 11.6 Å². The summed E-state index contributed by atoms with van der Waals surface area (Å²) in [7, 11) is 0. The van der Waals surface area contributed by atoms with Gasteiger partial charge in [0.15, 0.2) is 5.65 Å². The molecule has 1 N–H and O–H groups in total. The van der Waals surface area contributed by atoms with Gasteiger partial charge in [0.1, 0.15) is 11.6 Å². The number of nitrogens with zero attached hydrogens (tertiary/aromatic N) is 4. The summed E-state index contributed by atoms with van der Waals surface area (Å²) in [6, 6.07) is 9.95. The predicted octanol–water partition coefficient (Wildman–Crippen LogP) is 3.34. The van der Waals surface area contributed by atoms with Crippen LogP contribution in [0.1, 0.15) is 24.6 Å². The van der Waals surface area contributed by atoms with Crippen molar-refractivity contribution in [1.82, 2.24) is 19.5 Å². The van der Waals surface area contributed by atoms with Gasteiger partial charge in [-0.05, 0) is 56.3 Å². The summed E-state index contributed by atoms with van der Waals surface area (Å²) < 4.78 is 15.8. The maximum atomic E-state index is 13.7. The molecule has 4 rings (SSSR count). The van der Waals surface area contributed by atoms with Crippen molar-refractivity contribution in [2.45, 2.75) is 18.8 Å². The Morgan fingerprint density at radius 1 is 1.22 bits per heavy atom. The van der Waals surface area contributed by atoms with Crippen LogP contribution in [0.15, 0.2) is 42.6 Å². The summed E-state index contributed by atoms with van der Waals surface area (Å²) >= 11 is 5.86. The van der Waals surface area contributed by atoms with Crippen molar-refractivity contribution in [3.8, 4) is 0 Å².